The highest BCUT2D eigenvalue weighted by Gasteiger charge is 2.66. The monoisotopic (exact) mass is 373 g/mol. The second-order valence-electron chi connectivity index (χ2n) is 8.47. The van der Waals surface area contributed by atoms with E-state index in [-0.39, 0.29) is 17.9 Å². The molecule has 7 heteroatoms. The van der Waals surface area contributed by atoms with Crippen LogP contribution in [0.2, 0.25) is 0 Å². The Hall–Kier alpha value is -2.15. The fourth-order valence-corrected chi connectivity index (χ4v) is 4.52. The Morgan fingerprint density at radius 1 is 1.48 bits per heavy atom. The van der Waals surface area contributed by atoms with Crippen molar-refractivity contribution in [3.05, 3.63) is 29.7 Å². The van der Waals surface area contributed by atoms with Crippen LogP contribution in [0.1, 0.15) is 31.7 Å². The molecule has 4 rings (SSSR count). The number of amides is 2. The molecule has 3 aliphatic heterocycles. The van der Waals surface area contributed by atoms with Crippen LogP contribution in [0.4, 0.5) is 0 Å². The fraction of sp³-hybridized carbons (Fsp3) is 0.650. The number of fused-ring (bicyclic) bond motifs is 1. The number of ether oxygens (including phenoxy) is 1. The molecule has 0 aliphatic carbocycles. The zero-order valence-corrected chi connectivity index (χ0v) is 16.3. The van der Waals surface area contributed by atoms with Crippen molar-refractivity contribution in [2.24, 2.45) is 17.8 Å². The number of hydrogen-bond donors (Lipinski definition) is 0. The summed E-state index contributed by atoms with van der Waals surface area (Å²) in [6, 6.07) is 1.82. The largest absolute Gasteiger partial charge is 0.360 e. The summed E-state index contributed by atoms with van der Waals surface area (Å²) in [4.78, 5) is 29.8. The van der Waals surface area contributed by atoms with E-state index in [1.54, 1.807) is 11.9 Å². The summed E-state index contributed by atoms with van der Waals surface area (Å²) in [5.41, 5.74) is 0.144. The van der Waals surface area contributed by atoms with Crippen LogP contribution >= 0.6 is 0 Å². The molecule has 146 valence electrons. The molecule has 0 N–H and O–H groups in total. The molecule has 2 unspecified atom stereocenters. The van der Waals surface area contributed by atoms with E-state index in [0.717, 1.165) is 12.1 Å². The zero-order chi connectivity index (χ0) is 19.3. The normalized spacial score (nSPS) is 31.2. The Kier molecular flexibility index (Phi) is 4.37. The van der Waals surface area contributed by atoms with E-state index in [9.17, 15) is 9.59 Å². The summed E-state index contributed by atoms with van der Waals surface area (Å²) in [6.45, 7) is 7.73. The average Bonchev–Trinajstić information content (AvgIpc) is 3.34. The fourth-order valence-electron chi connectivity index (χ4n) is 4.52. The number of carbonyl (C=O) groups excluding carboxylic acids is 2. The predicted octanol–water partition coefficient (Wildman–Crippen LogP) is 1.77. The molecule has 2 bridgehead atoms. The maximum Gasteiger partial charge on any atom is 0.230 e. The molecule has 3 aliphatic rings. The van der Waals surface area contributed by atoms with Crippen molar-refractivity contribution < 1.29 is 18.8 Å². The standard InChI is InChI=1S/C20H27N3O4/c1-12(2)6-8-23-11-20-7-5-15(26-20)16(17(20)19(23)25)18(24)22(4)10-14-9-13(3)21-27-14/h5,7,9,12,15-17H,6,8,10-11H2,1-4H3/t15-,16?,17?,20-/m0/s1. The molecule has 1 aromatic rings. The van der Waals surface area contributed by atoms with Crippen LogP contribution in [-0.4, -0.2) is 58.6 Å². The van der Waals surface area contributed by atoms with Crippen LogP contribution < -0.4 is 0 Å². The molecule has 0 aromatic carbocycles. The van der Waals surface area contributed by atoms with Gasteiger partial charge in [-0.1, -0.05) is 31.2 Å². The van der Waals surface area contributed by atoms with Gasteiger partial charge in [-0.2, -0.15) is 0 Å². The van der Waals surface area contributed by atoms with Gasteiger partial charge >= 0.3 is 0 Å². The number of hydrogen-bond acceptors (Lipinski definition) is 5. The summed E-state index contributed by atoms with van der Waals surface area (Å²) in [5.74, 6) is 0.229. The van der Waals surface area contributed by atoms with E-state index >= 15 is 0 Å². The van der Waals surface area contributed by atoms with Gasteiger partial charge in [0.25, 0.3) is 0 Å². The molecule has 2 saturated heterocycles. The van der Waals surface area contributed by atoms with Crippen molar-refractivity contribution in [3.8, 4) is 0 Å². The highest BCUT2D eigenvalue weighted by molar-refractivity contribution is 5.92. The molecule has 1 aromatic heterocycles. The van der Waals surface area contributed by atoms with Crippen LogP contribution in [0.5, 0.6) is 0 Å². The van der Waals surface area contributed by atoms with E-state index < -0.39 is 17.4 Å². The highest BCUT2D eigenvalue weighted by atomic mass is 16.5. The first kappa shape index (κ1) is 18.2. The first-order chi connectivity index (χ1) is 12.8. The van der Waals surface area contributed by atoms with Crippen LogP contribution in [0.25, 0.3) is 0 Å². The van der Waals surface area contributed by atoms with Gasteiger partial charge in [-0.3, -0.25) is 9.59 Å². The van der Waals surface area contributed by atoms with E-state index in [2.05, 4.69) is 19.0 Å². The van der Waals surface area contributed by atoms with E-state index in [4.69, 9.17) is 9.26 Å². The highest BCUT2D eigenvalue weighted by Crippen LogP contribution is 2.52. The molecule has 0 saturated carbocycles. The van der Waals surface area contributed by atoms with Crippen molar-refractivity contribution in [3.63, 3.8) is 0 Å². The third-order valence-electron chi connectivity index (χ3n) is 5.89. The number of carbonyl (C=O) groups is 2. The zero-order valence-electron chi connectivity index (χ0n) is 16.3. The van der Waals surface area contributed by atoms with Gasteiger partial charge in [0.2, 0.25) is 11.8 Å². The number of aryl methyl sites for hydroxylation is 1. The van der Waals surface area contributed by atoms with E-state index in [0.29, 0.717) is 31.3 Å². The van der Waals surface area contributed by atoms with Gasteiger partial charge in [0, 0.05) is 19.7 Å². The maximum atomic E-state index is 13.2. The summed E-state index contributed by atoms with van der Waals surface area (Å²) in [6.07, 6.45) is 4.58. The molecule has 4 heterocycles. The van der Waals surface area contributed by atoms with Gasteiger partial charge < -0.3 is 19.1 Å². The van der Waals surface area contributed by atoms with Crippen LogP contribution in [0, 0.1) is 24.7 Å². The lowest BCUT2D eigenvalue weighted by atomic mass is 9.76. The number of aromatic nitrogens is 1. The van der Waals surface area contributed by atoms with Crippen LogP contribution in [0.15, 0.2) is 22.7 Å². The molecule has 4 atom stereocenters. The average molecular weight is 373 g/mol. The third kappa shape index (κ3) is 2.98. The van der Waals surface area contributed by atoms with Gasteiger partial charge in [0.1, 0.15) is 5.60 Å². The lowest BCUT2D eigenvalue weighted by Crippen LogP contribution is -2.44. The third-order valence-corrected chi connectivity index (χ3v) is 5.89. The van der Waals surface area contributed by atoms with Gasteiger partial charge in [0.05, 0.1) is 36.7 Å². The minimum Gasteiger partial charge on any atom is -0.360 e. The molecular formula is C20H27N3O4. The Morgan fingerprint density at radius 3 is 2.93 bits per heavy atom. The molecule has 2 fully saturated rings. The first-order valence-corrected chi connectivity index (χ1v) is 9.64. The van der Waals surface area contributed by atoms with Crippen molar-refractivity contribution >= 4 is 11.8 Å². The minimum atomic E-state index is -0.636. The second kappa shape index (κ2) is 6.48. The van der Waals surface area contributed by atoms with Gasteiger partial charge in [-0.25, -0.2) is 0 Å². The van der Waals surface area contributed by atoms with E-state index in [1.807, 2.05) is 30.0 Å². The topological polar surface area (TPSA) is 75.9 Å². The number of rotatable bonds is 6. The Labute approximate surface area is 159 Å². The van der Waals surface area contributed by atoms with Crippen LogP contribution in [-0.2, 0) is 20.9 Å². The maximum absolute atomic E-state index is 13.2. The Bertz CT molecular complexity index is 786. The van der Waals surface area contributed by atoms with Crippen molar-refractivity contribution in [1.29, 1.82) is 0 Å². The Balaban J connectivity index is 1.51. The van der Waals surface area contributed by atoms with Crippen LogP contribution in [0.3, 0.4) is 0 Å². The minimum absolute atomic E-state index is 0.0461. The van der Waals surface area contributed by atoms with Crippen molar-refractivity contribution in [2.75, 3.05) is 20.1 Å². The summed E-state index contributed by atoms with van der Waals surface area (Å²) < 4.78 is 11.4. The quantitative estimate of drug-likeness (QED) is 0.711. The lowest BCUT2D eigenvalue weighted by Gasteiger charge is -2.27. The van der Waals surface area contributed by atoms with Gasteiger partial charge in [0.15, 0.2) is 5.76 Å². The van der Waals surface area contributed by atoms with Crippen molar-refractivity contribution in [2.45, 2.75) is 45.4 Å². The van der Waals surface area contributed by atoms with E-state index in [1.165, 1.54) is 0 Å². The molecule has 27 heavy (non-hydrogen) atoms. The lowest BCUT2D eigenvalue weighted by molar-refractivity contribution is -0.142. The number of likely N-dealkylation sites (tertiary alicyclic amines) is 1. The molecule has 2 amide bonds. The van der Waals surface area contributed by atoms with Gasteiger partial charge in [-0.05, 0) is 19.3 Å². The molecule has 7 nitrogen and oxygen atoms in total. The molecule has 1 spiro atoms. The second-order valence-corrected chi connectivity index (χ2v) is 8.47. The summed E-state index contributed by atoms with van der Waals surface area (Å²) >= 11 is 0. The summed E-state index contributed by atoms with van der Waals surface area (Å²) in [5, 5.41) is 3.86. The molecule has 0 radical (unpaired) electrons. The smallest absolute Gasteiger partial charge is 0.230 e. The number of nitrogens with zero attached hydrogens (tertiary/aromatic N) is 3. The molecular weight excluding hydrogens is 346 g/mol. The SMILES string of the molecule is Cc1cc(CN(C)C(=O)C2C3C(=O)N(CCC(C)C)C[C@@]34C=C[C@@H]2O4)on1. The van der Waals surface area contributed by atoms with Crippen molar-refractivity contribution in [1.82, 2.24) is 15.0 Å². The van der Waals surface area contributed by atoms with Gasteiger partial charge in [-0.15, -0.1) is 0 Å². The predicted molar refractivity (Wildman–Crippen MR) is 97.5 cm³/mol. The first-order valence-electron chi connectivity index (χ1n) is 9.64. The Morgan fingerprint density at radius 2 is 2.26 bits per heavy atom. The summed E-state index contributed by atoms with van der Waals surface area (Å²) in [7, 11) is 1.73.